The van der Waals surface area contributed by atoms with Crippen LogP contribution in [0, 0.1) is 0 Å². The van der Waals surface area contributed by atoms with Crippen molar-refractivity contribution in [2.24, 2.45) is 0 Å². The lowest BCUT2D eigenvalue weighted by atomic mass is 10.2. The van der Waals surface area contributed by atoms with E-state index >= 15 is 0 Å². The molecule has 3 rings (SSSR count). The largest absolute Gasteiger partial charge is 0.494 e. The molecule has 0 aliphatic carbocycles. The van der Waals surface area contributed by atoms with Gasteiger partial charge in [-0.15, -0.1) is 0 Å². The summed E-state index contributed by atoms with van der Waals surface area (Å²) >= 11 is 6.03. The Labute approximate surface area is 175 Å². The van der Waals surface area contributed by atoms with Crippen molar-refractivity contribution in [3.8, 4) is 11.5 Å². The van der Waals surface area contributed by atoms with E-state index in [2.05, 4.69) is 5.32 Å². The standard InChI is InChI=1S/C20H23ClN2O5S/c1-3-27-16-7-4-14(5-8-16)13-22-20(24)19-10-11-23(29(2,25)26)17-12-15(21)6-9-18(17)28-19/h4-9,12,19H,3,10-11,13H2,1-2H3,(H,22,24)/t19-/m1/s1. The molecule has 1 heterocycles. The van der Waals surface area contributed by atoms with Crippen LogP contribution >= 0.6 is 11.6 Å². The molecule has 2 aromatic carbocycles. The molecule has 0 aromatic heterocycles. The van der Waals surface area contributed by atoms with Crippen molar-refractivity contribution in [2.75, 3.05) is 23.7 Å². The molecule has 0 unspecified atom stereocenters. The molecule has 7 nitrogen and oxygen atoms in total. The zero-order chi connectivity index (χ0) is 21.0. The third-order valence-electron chi connectivity index (χ3n) is 4.45. The van der Waals surface area contributed by atoms with E-state index < -0.39 is 16.1 Å². The number of hydrogen-bond donors (Lipinski definition) is 1. The summed E-state index contributed by atoms with van der Waals surface area (Å²) in [6.45, 7) is 2.95. The Morgan fingerprint density at radius 3 is 2.66 bits per heavy atom. The maximum absolute atomic E-state index is 12.7. The number of nitrogens with zero attached hydrogens (tertiary/aromatic N) is 1. The quantitative estimate of drug-likeness (QED) is 0.749. The molecule has 1 N–H and O–H groups in total. The average Bonchev–Trinajstić information content (AvgIpc) is 2.86. The maximum atomic E-state index is 12.7. The Kier molecular flexibility index (Phi) is 6.54. The molecule has 29 heavy (non-hydrogen) atoms. The van der Waals surface area contributed by atoms with Crippen molar-refractivity contribution < 1.29 is 22.7 Å². The van der Waals surface area contributed by atoms with Gasteiger partial charge in [-0.25, -0.2) is 8.42 Å². The number of sulfonamides is 1. The first-order valence-electron chi connectivity index (χ1n) is 9.21. The molecular formula is C20H23ClN2O5S. The number of nitrogens with one attached hydrogen (secondary N) is 1. The predicted octanol–water partition coefficient (Wildman–Crippen LogP) is 2.97. The first kappa shape index (κ1) is 21.3. The lowest BCUT2D eigenvalue weighted by Gasteiger charge is -2.21. The van der Waals surface area contributed by atoms with E-state index in [1.807, 2.05) is 31.2 Å². The maximum Gasteiger partial charge on any atom is 0.261 e. The van der Waals surface area contributed by atoms with Gasteiger partial charge in [-0.1, -0.05) is 23.7 Å². The summed E-state index contributed by atoms with van der Waals surface area (Å²) in [5.74, 6) is 0.763. The van der Waals surface area contributed by atoms with Crippen LogP contribution < -0.4 is 19.1 Å². The van der Waals surface area contributed by atoms with Gasteiger partial charge >= 0.3 is 0 Å². The van der Waals surface area contributed by atoms with E-state index in [9.17, 15) is 13.2 Å². The van der Waals surface area contributed by atoms with Crippen LogP contribution in [0.25, 0.3) is 0 Å². The number of ether oxygens (including phenoxy) is 2. The molecule has 0 saturated heterocycles. The topological polar surface area (TPSA) is 84.9 Å². The first-order valence-corrected chi connectivity index (χ1v) is 11.4. The lowest BCUT2D eigenvalue weighted by Crippen LogP contribution is -2.39. The van der Waals surface area contributed by atoms with Crippen molar-refractivity contribution in [1.82, 2.24) is 5.32 Å². The van der Waals surface area contributed by atoms with Gasteiger partial charge in [0.2, 0.25) is 10.0 Å². The van der Waals surface area contributed by atoms with Crippen molar-refractivity contribution in [3.63, 3.8) is 0 Å². The van der Waals surface area contributed by atoms with Gasteiger partial charge in [0.15, 0.2) is 6.10 Å². The fourth-order valence-electron chi connectivity index (χ4n) is 3.05. The second kappa shape index (κ2) is 8.92. The van der Waals surface area contributed by atoms with E-state index in [1.165, 1.54) is 10.4 Å². The summed E-state index contributed by atoms with van der Waals surface area (Å²) in [7, 11) is -3.54. The fraction of sp³-hybridized carbons (Fsp3) is 0.350. The number of hydrogen-bond acceptors (Lipinski definition) is 5. The van der Waals surface area contributed by atoms with Crippen molar-refractivity contribution in [3.05, 3.63) is 53.1 Å². The van der Waals surface area contributed by atoms with Gasteiger partial charge < -0.3 is 14.8 Å². The molecular weight excluding hydrogens is 416 g/mol. The predicted molar refractivity (Wildman–Crippen MR) is 112 cm³/mol. The van der Waals surface area contributed by atoms with Gasteiger partial charge in [0.05, 0.1) is 18.6 Å². The highest BCUT2D eigenvalue weighted by atomic mass is 35.5. The third-order valence-corrected chi connectivity index (χ3v) is 5.86. The normalized spacial score (nSPS) is 16.4. The Morgan fingerprint density at radius 1 is 1.28 bits per heavy atom. The lowest BCUT2D eigenvalue weighted by molar-refractivity contribution is -0.128. The second-order valence-corrected chi connectivity index (χ2v) is 8.98. The van der Waals surface area contributed by atoms with E-state index in [4.69, 9.17) is 21.1 Å². The number of halogens is 1. The summed E-state index contributed by atoms with van der Waals surface area (Å²) in [6.07, 6.45) is 0.516. The van der Waals surface area contributed by atoms with Crippen molar-refractivity contribution in [2.45, 2.75) is 26.0 Å². The molecule has 1 aliphatic heterocycles. The van der Waals surface area contributed by atoms with Gasteiger partial charge in [0.1, 0.15) is 11.5 Å². The Balaban J connectivity index is 1.71. The molecule has 156 valence electrons. The number of fused-ring (bicyclic) bond motifs is 1. The number of amides is 1. The van der Waals surface area contributed by atoms with Crippen LogP contribution in [0.1, 0.15) is 18.9 Å². The van der Waals surface area contributed by atoms with Crippen LogP contribution in [0.2, 0.25) is 5.02 Å². The number of rotatable bonds is 6. The summed E-state index contributed by atoms with van der Waals surface area (Å²) in [5.41, 5.74) is 1.25. The molecule has 0 fully saturated rings. The molecule has 0 bridgehead atoms. The van der Waals surface area contributed by atoms with Gasteiger partial charge in [0, 0.05) is 24.5 Å². The van der Waals surface area contributed by atoms with Crippen LogP contribution in [-0.2, 0) is 21.4 Å². The van der Waals surface area contributed by atoms with Crippen molar-refractivity contribution >= 4 is 33.2 Å². The molecule has 0 saturated carbocycles. The number of benzene rings is 2. The average molecular weight is 439 g/mol. The zero-order valence-corrected chi connectivity index (χ0v) is 17.8. The molecule has 1 amide bonds. The van der Waals surface area contributed by atoms with Gasteiger partial charge in [-0.2, -0.15) is 0 Å². The summed E-state index contributed by atoms with van der Waals surface area (Å²) in [4.78, 5) is 12.7. The first-order chi connectivity index (χ1) is 13.8. The van der Waals surface area contributed by atoms with Crippen molar-refractivity contribution in [1.29, 1.82) is 0 Å². The highest BCUT2D eigenvalue weighted by Gasteiger charge is 2.31. The molecule has 9 heteroatoms. The van der Waals surface area contributed by atoms with E-state index in [-0.39, 0.29) is 18.9 Å². The van der Waals surface area contributed by atoms with Crippen LogP contribution in [0.4, 0.5) is 5.69 Å². The molecule has 1 atom stereocenters. The minimum absolute atomic E-state index is 0.118. The number of carbonyl (C=O) groups excluding carboxylic acids is 1. The molecule has 1 aliphatic rings. The number of anilines is 1. The summed E-state index contributed by atoms with van der Waals surface area (Å²) in [6, 6.07) is 12.1. The minimum atomic E-state index is -3.54. The van der Waals surface area contributed by atoms with Crippen LogP contribution in [-0.4, -0.2) is 39.8 Å². The molecule has 0 radical (unpaired) electrons. The third kappa shape index (κ3) is 5.33. The van der Waals surface area contributed by atoms with Crippen LogP contribution in [0.15, 0.2) is 42.5 Å². The Hall–Kier alpha value is -2.45. The van der Waals surface area contributed by atoms with Crippen LogP contribution in [0.3, 0.4) is 0 Å². The molecule has 0 spiro atoms. The van der Waals surface area contributed by atoms with Crippen LogP contribution in [0.5, 0.6) is 11.5 Å². The van der Waals surface area contributed by atoms with Gasteiger partial charge in [0.25, 0.3) is 5.91 Å². The zero-order valence-electron chi connectivity index (χ0n) is 16.2. The van der Waals surface area contributed by atoms with E-state index in [0.29, 0.717) is 29.6 Å². The highest BCUT2D eigenvalue weighted by Crippen LogP contribution is 2.36. The number of carbonyl (C=O) groups is 1. The summed E-state index contributed by atoms with van der Waals surface area (Å²) < 4.78 is 36.8. The minimum Gasteiger partial charge on any atom is -0.494 e. The summed E-state index contributed by atoms with van der Waals surface area (Å²) in [5, 5.41) is 3.23. The van der Waals surface area contributed by atoms with Gasteiger partial charge in [-0.05, 0) is 42.8 Å². The SMILES string of the molecule is CCOc1ccc(CNC(=O)[C@H]2CCN(S(C)(=O)=O)c3cc(Cl)ccc3O2)cc1. The fourth-order valence-corrected chi connectivity index (χ4v) is 4.16. The molecule has 2 aromatic rings. The van der Waals surface area contributed by atoms with E-state index in [0.717, 1.165) is 17.6 Å². The smallest absolute Gasteiger partial charge is 0.261 e. The van der Waals surface area contributed by atoms with E-state index in [1.54, 1.807) is 12.1 Å². The Bertz CT molecular complexity index is 979. The highest BCUT2D eigenvalue weighted by molar-refractivity contribution is 7.92. The monoisotopic (exact) mass is 438 g/mol. The Morgan fingerprint density at radius 2 is 2.00 bits per heavy atom. The second-order valence-electron chi connectivity index (χ2n) is 6.64. The van der Waals surface area contributed by atoms with Gasteiger partial charge in [-0.3, -0.25) is 9.10 Å².